The molecule has 0 aliphatic heterocycles. The van der Waals surface area contributed by atoms with Crippen molar-refractivity contribution >= 4 is 27.3 Å². The minimum atomic E-state index is -0.298. The molecule has 1 unspecified atom stereocenters. The molecule has 0 fully saturated rings. The highest BCUT2D eigenvalue weighted by Crippen LogP contribution is 2.41. The van der Waals surface area contributed by atoms with Gasteiger partial charge in [-0.15, -0.1) is 11.3 Å². The summed E-state index contributed by atoms with van der Waals surface area (Å²) in [5.74, 6) is 1.93. The van der Waals surface area contributed by atoms with E-state index in [4.69, 9.17) is 19.9 Å². The van der Waals surface area contributed by atoms with E-state index < -0.39 is 0 Å². The topological polar surface area (TPSA) is 53.7 Å². The third-order valence-electron chi connectivity index (χ3n) is 3.19. The Morgan fingerprint density at radius 1 is 1.00 bits per heavy atom. The zero-order valence-electron chi connectivity index (χ0n) is 12.4. The zero-order chi connectivity index (χ0) is 15.6. The van der Waals surface area contributed by atoms with E-state index in [1.54, 1.807) is 38.7 Å². The lowest BCUT2D eigenvalue weighted by atomic mass is 10.0. The van der Waals surface area contributed by atoms with Gasteiger partial charge in [0.1, 0.15) is 5.75 Å². The molecule has 0 radical (unpaired) electrons. The first-order valence-corrected chi connectivity index (χ1v) is 7.94. The number of thiophene rings is 1. The van der Waals surface area contributed by atoms with E-state index in [-0.39, 0.29) is 6.04 Å². The summed E-state index contributed by atoms with van der Waals surface area (Å²) in [7, 11) is 4.81. The van der Waals surface area contributed by atoms with Gasteiger partial charge in [0.05, 0.1) is 27.4 Å². The Morgan fingerprint density at radius 3 is 2.05 bits per heavy atom. The number of hydrogen-bond donors (Lipinski definition) is 1. The Labute approximate surface area is 137 Å². The molecule has 0 saturated heterocycles. The maximum Gasteiger partial charge on any atom is 0.164 e. The van der Waals surface area contributed by atoms with Gasteiger partial charge >= 0.3 is 0 Å². The van der Waals surface area contributed by atoms with Gasteiger partial charge in [0.2, 0.25) is 0 Å². The van der Waals surface area contributed by atoms with Crippen LogP contribution in [0.15, 0.2) is 22.7 Å². The largest absolute Gasteiger partial charge is 0.496 e. The fourth-order valence-electron chi connectivity index (χ4n) is 2.15. The lowest BCUT2D eigenvalue weighted by molar-refractivity contribution is 0.347. The predicted molar refractivity (Wildman–Crippen MR) is 88.9 cm³/mol. The van der Waals surface area contributed by atoms with Crippen molar-refractivity contribution in [2.75, 3.05) is 21.3 Å². The molecule has 0 bridgehead atoms. The molecule has 1 aromatic heterocycles. The third-order valence-corrected chi connectivity index (χ3v) is 5.24. The van der Waals surface area contributed by atoms with Crippen molar-refractivity contribution in [2.45, 2.75) is 13.0 Å². The van der Waals surface area contributed by atoms with Crippen LogP contribution in [0.1, 0.15) is 21.4 Å². The Hall–Kier alpha value is -1.24. The van der Waals surface area contributed by atoms with Crippen molar-refractivity contribution in [1.82, 2.24) is 0 Å². The van der Waals surface area contributed by atoms with Crippen LogP contribution in [0.4, 0.5) is 0 Å². The maximum atomic E-state index is 6.43. The standard InChI is InChI=1S/C15H18BrNO3S/c1-8-5-10(16)15(21-8)14(17)9-6-12(19-3)13(20-4)7-11(9)18-2/h5-7,14H,17H2,1-4H3. The molecule has 2 N–H and O–H groups in total. The number of methoxy groups -OCH3 is 3. The predicted octanol–water partition coefficient (Wildman–Crippen LogP) is 3.89. The molecule has 2 rings (SSSR count). The Bertz CT molecular complexity index is 642. The van der Waals surface area contributed by atoms with Gasteiger partial charge in [0.25, 0.3) is 0 Å². The first-order chi connectivity index (χ1) is 10.0. The zero-order valence-corrected chi connectivity index (χ0v) is 14.8. The molecule has 6 heteroatoms. The van der Waals surface area contributed by atoms with Gasteiger partial charge in [-0.3, -0.25) is 0 Å². The minimum Gasteiger partial charge on any atom is -0.496 e. The highest BCUT2D eigenvalue weighted by atomic mass is 79.9. The van der Waals surface area contributed by atoms with Gasteiger partial charge in [-0.2, -0.15) is 0 Å². The molecule has 0 saturated carbocycles. The molecule has 0 spiro atoms. The van der Waals surface area contributed by atoms with Gasteiger partial charge < -0.3 is 19.9 Å². The molecule has 21 heavy (non-hydrogen) atoms. The maximum absolute atomic E-state index is 6.43. The summed E-state index contributed by atoms with van der Waals surface area (Å²) in [6.07, 6.45) is 0. The molecule has 4 nitrogen and oxygen atoms in total. The van der Waals surface area contributed by atoms with E-state index in [0.29, 0.717) is 17.2 Å². The lowest BCUT2D eigenvalue weighted by Crippen LogP contribution is -2.12. The van der Waals surface area contributed by atoms with Crippen LogP contribution >= 0.6 is 27.3 Å². The Kier molecular flexibility index (Phi) is 5.13. The van der Waals surface area contributed by atoms with Gasteiger partial charge in [-0.1, -0.05) is 0 Å². The van der Waals surface area contributed by atoms with Gasteiger partial charge in [0, 0.05) is 25.9 Å². The van der Waals surface area contributed by atoms with E-state index in [1.165, 1.54) is 4.88 Å². The Balaban J connectivity index is 2.53. The normalized spacial score (nSPS) is 12.1. The van der Waals surface area contributed by atoms with E-state index >= 15 is 0 Å². The van der Waals surface area contributed by atoms with Gasteiger partial charge in [-0.05, 0) is 35.0 Å². The van der Waals surface area contributed by atoms with Crippen LogP contribution in [0.2, 0.25) is 0 Å². The van der Waals surface area contributed by atoms with Crippen LogP contribution < -0.4 is 19.9 Å². The van der Waals surface area contributed by atoms with Crippen LogP contribution in [0.5, 0.6) is 17.2 Å². The van der Waals surface area contributed by atoms with E-state index in [9.17, 15) is 0 Å². The van der Waals surface area contributed by atoms with E-state index in [1.807, 2.05) is 6.07 Å². The van der Waals surface area contributed by atoms with Crippen LogP contribution in [-0.2, 0) is 0 Å². The quantitative estimate of drug-likeness (QED) is 0.865. The monoisotopic (exact) mass is 371 g/mol. The molecule has 1 atom stereocenters. The third kappa shape index (κ3) is 3.17. The number of ether oxygens (including phenoxy) is 3. The second-order valence-electron chi connectivity index (χ2n) is 4.50. The summed E-state index contributed by atoms with van der Waals surface area (Å²) in [4.78, 5) is 2.25. The lowest BCUT2D eigenvalue weighted by Gasteiger charge is -2.18. The number of hydrogen-bond acceptors (Lipinski definition) is 5. The highest BCUT2D eigenvalue weighted by molar-refractivity contribution is 9.10. The first-order valence-electron chi connectivity index (χ1n) is 6.33. The molecular formula is C15H18BrNO3S. The molecule has 2 aromatic rings. The molecule has 0 aliphatic carbocycles. The van der Waals surface area contributed by atoms with Crippen LogP contribution in [0.25, 0.3) is 0 Å². The van der Waals surface area contributed by atoms with Crippen molar-refractivity contribution in [2.24, 2.45) is 5.73 Å². The van der Waals surface area contributed by atoms with Crippen molar-refractivity contribution in [3.63, 3.8) is 0 Å². The summed E-state index contributed by atoms with van der Waals surface area (Å²) in [5.41, 5.74) is 7.29. The minimum absolute atomic E-state index is 0.298. The first kappa shape index (κ1) is 16.1. The van der Waals surface area contributed by atoms with Gasteiger partial charge in [0.15, 0.2) is 11.5 Å². The molecule has 0 amide bonds. The summed E-state index contributed by atoms with van der Waals surface area (Å²) in [5, 5.41) is 0. The van der Waals surface area contributed by atoms with E-state index in [2.05, 4.69) is 28.9 Å². The number of halogens is 1. The molecular weight excluding hydrogens is 354 g/mol. The highest BCUT2D eigenvalue weighted by Gasteiger charge is 2.21. The summed E-state index contributed by atoms with van der Waals surface area (Å²) < 4.78 is 17.1. The molecule has 1 heterocycles. The Morgan fingerprint density at radius 2 is 1.57 bits per heavy atom. The van der Waals surface area contributed by atoms with Crippen molar-refractivity contribution in [3.05, 3.63) is 38.0 Å². The van der Waals surface area contributed by atoms with E-state index in [0.717, 1.165) is 14.9 Å². The van der Waals surface area contributed by atoms with Crippen LogP contribution in [0, 0.1) is 6.92 Å². The fraction of sp³-hybridized carbons (Fsp3) is 0.333. The summed E-state index contributed by atoms with van der Waals surface area (Å²) in [6, 6.07) is 5.42. The van der Waals surface area contributed by atoms with Crippen LogP contribution in [0.3, 0.4) is 0 Å². The second-order valence-corrected chi connectivity index (χ2v) is 6.64. The second kappa shape index (κ2) is 6.68. The molecule has 0 aliphatic rings. The van der Waals surface area contributed by atoms with Crippen molar-refractivity contribution < 1.29 is 14.2 Å². The SMILES string of the molecule is COc1cc(OC)c(C(N)c2sc(C)cc2Br)cc1OC. The average molecular weight is 372 g/mol. The fourth-order valence-corrected chi connectivity index (χ4v) is 4.07. The smallest absolute Gasteiger partial charge is 0.164 e. The number of nitrogens with two attached hydrogens (primary N) is 1. The van der Waals surface area contributed by atoms with Crippen molar-refractivity contribution in [1.29, 1.82) is 0 Å². The number of benzene rings is 1. The number of aryl methyl sites for hydroxylation is 1. The van der Waals surface area contributed by atoms with Crippen LogP contribution in [-0.4, -0.2) is 21.3 Å². The average Bonchev–Trinajstić information content (AvgIpc) is 2.83. The summed E-state index contributed by atoms with van der Waals surface area (Å²) in [6.45, 7) is 2.05. The van der Waals surface area contributed by atoms with Gasteiger partial charge in [-0.25, -0.2) is 0 Å². The molecule has 114 valence electrons. The van der Waals surface area contributed by atoms with Crippen molar-refractivity contribution in [3.8, 4) is 17.2 Å². The number of rotatable bonds is 5. The molecule has 1 aromatic carbocycles. The summed E-state index contributed by atoms with van der Waals surface area (Å²) >= 11 is 5.22.